The molecule has 2 aliphatic rings. The number of ether oxygens (including phenoxy) is 1. The molecule has 1 aliphatic heterocycles. The molecule has 28 heavy (non-hydrogen) atoms. The zero-order chi connectivity index (χ0) is 20.1. The number of nitrogens with two attached hydrogens (primary N) is 1. The molecule has 1 aromatic rings. The molecule has 9 nitrogen and oxygen atoms in total. The van der Waals surface area contributed by atoms with Crippen molar-refractivity contribution in [3.63, 3.8) is 0 Å². The molecule has 152 valence electrons. The van der Waals surface area contributed by atoms with E-state index in [2.05, 4.69) is 10.6 Å². The topological polar surface area (TPSA) is 134 Å². The smallest absolute Gasteiger partial charge is 0.408 e. The normalized spacial score (nSPS) is 27.3. The summed E-state index contributed by atoms with van der Waals surface area (Å²) in [6.07, 6.45) is 0.556. The highest BCUT2D eigenvalue weighted by molar-refractivity contribution is 5.87. The largest absolute Gasteiger partial charge is 0.465 e. The molecule has 5 N–H and O–H groups in total. The molecule has 2 unspecified atom stereocenters. The number of likely N-dealkylation sites (tertiary alicyclic amines) is 1. The van der Waals surface area contributed by atoms with Gasteiger partial charge in [-0.05, 0) is 31.2 Å². The Bertz CT molecular complexity index is 714. The van der Waals surface area contributed by atoms with E-state index in [-0.39, 0.29) is 30.6 Å². The van der Waals surface area contributed by atoms with Crippen LogP contribution >= 0.6 is 0 Å². The van der Waals surface area contributed by atoms with Crippen molar-refractivity contribution in [2.24, 2.45) is 5.73 Å². The lowest BCUT2D eigenvalue weighted by atomic mass is 9.86. The molecule has 1 saturated carbocycles. The Balaban J connectivity index is 1.48. The number of rotatable bonds is 5. The van der Waals surface area contributed by atoms with Crippen molar-refractivity contribution in [1.82, 2.24) is 15.5 Å². The van der Waals surface area contributed by atoms with Crippen LogP contribution in [0.4, 0.5) is 9.59 Å². The van der Waals surface area contributed by atoms with Crippen LogP contribution in [0.1, 0.15) is 31.2 Å². The van der Waals surface area contributed by atoms with E-state index in [1.54, 1.807) is 4.90 Å². The van der Waals surface area contributed by atoms with E-state index in [9.17, 15) is 14.4 Å². The van der Waals surface area contributed by atoms with Gasteiger partial charge < -0.3 is 31.1 Å². The van der Waals surface area contributed by atoms with E-state index >= 15 is 0 Å². The Morgan fingerprint density at radius 3 is 2.61 bits per heavy atom. The molecule has 0 aromatic heterocycles. The average Bonchev–Trinajstić information content (AvgIpc) is 3.01. The highest BCUT2D eigenvalue weighted by Gasteiger charge is 2.41. The highest BCUT2D eigenvalue weighted by atomic mass is 16.5. The third-order valence-corrected chi connectivity index (χ3v) is 5.33. The zero-order valence-corrected chi connectivity index (χ0v) is 15.5. The summed E-state index contributed by atoms with van der Waals surface area (Å²) in [6.45, 7) is 0.653. The van der Waals surface area contributed by atoms with Gasteiger partial charge in [-0.1, -0.05) is 30.3 Å². The fraction of sp³-hybridized carbons (Fsp3) is 0.526. The van der Waals surface area contributed by atoms with Gasteiger partial charge in [0.25, 0.3) is 0 Å². The van der Waals surface area contributed by atoms with E-state index in [1.807, 2.05) is 30.3 Å². The van der Waals surface area contributed by atoms with Gasteiger partial charge in [-0.25, -0.2) is 9.59 Å². The number of hydrogen-bond donors (Lipinski definition) is 4. The Morgan fingerprint density at radius 2 is 1.93 bits per heavy atom. The first-order valence-corrected chi connectivity index (χ1v) is 9.46. The number of nitrogens with one attached hydrogen (secondary N) is 2. The van der Waals surface area contributed by atoms with E-state index < -0.39 is 18.2 Å². The van der Waals surface area contributed by atoms with E-state index in [1.165, 1.54) is 0 Å². The monoisotopic (exact) mass is 390 g/mol. The molecule has 0 bridgehead atoms. The summed E-state index contributed by atoms with van der Waals surface area (Å²) in [6, 6.07) is 8.04. The van der Waals surface area contributed by atoms with Crippen molar-refractivity contribution in [3.05, 3.63) is 35.9 Å². The van der Waals surface area contributed by atoms with Crippen LogP contribution in [0, 0.1) is 0 Å². The van der Waals surface area contributed by atoms with Crippen molar-refractivity contribution in [2.75, 3.05) is 6.54 Å². The van der Waals surface area contributed by atoms with Crippen LogP contribution in [-0.2, 0) is 16.1 Å². The molecule has 0 spiro atoms. The summed E-state index contributed by atoms with van der Waals surface area (Å²) in [4.78, 5) is 37.2. The van der Waals surface area contributed by atoms with Crippen LogP contribution in [0.2, 0.25) is 0 Å². The minimum Gasteiger partial charge on any atom is -0.465 e. The van der Waals surface area contributed by atoms with Crippen LogP contribution < -0.4 is 16.4 Å². The number of benzene rings is 1. The highest BCUT2D eigenvalue weighted by Crippen LogP contribution is 2.26. The van der Waals surface area contributed by atoms with Crippen LogP contribution in [0.15, 0.2) is 30.3 Å². The van der Waals surface area contributed by atoms with Crippen molar-refractivity contribution in [3.8, 4) is 0 Å². The number of carboxylic acid groups (broad SMARTS) is 1. The van der Waals surface area contributed by atoms with Gasteiger partial charge in [0, 0.05) is 24.7 Å². The lowest BCUT2D eigenvalue weighted by molar-refractivity contribution is -0.132. The second-order valence-corrected chi connectivity index (χ2v) is 7.27. The first-order valence-electron chi connectivity index (χ1n) is 9.46. The molecule has 1 aromatic carbocycles. The summed E-state index contributed by atoms with van der Waals surface area (Å²) >= 11 is 0. The number of carbonyl (C=O) groups is 3. The third kappa shape index (κ3) is 4.92. The fourth-order valence-electron chi connectivity index (χ4n) is 3.95. The Hall–Kier alpha value is -2.81. The van der Waals surface area contributed by atoms with Gasteiger partial charge in [0.05, 0.1) is 0 Å². The number of amides is 3. The molecule has 9 heteroatoms. The lowest BCUT2D eigenvalue weighted by Crippen LogP contribution is -2.56. The molecule has 1 saturated heterocycles. The fourth-order valence-corrected chi connectivity index (χ4v) is 3.95. The van der Waals surface area contributed by atoms with Crippen LogP contribution in [-0.4, -0.2) is 58.8 Å². The summed E-state index contributed by atoms with van der Waals surface area (Å²) in [5, 5.41) is 13.9. The number of hydrogen-bond acceptors (Lipinski definition) is 5. The van der Waals surface area contributed by atoms with E-state index in [4.69, 9.17) is 15.6 Å². The predicted molar refractivity (Wildman–Crippen MR) is 100 cm³/mol. The molecule has 1 heterocycles. The first-order chi connectivity index (χ1) is 13.4. The molecular formula is C19H26N4O5. The SMILES string of the molecule is N[C@@H]1CC(NC(=O)O)CC[C@@H]1N1CCC(NC(=O)OCc2ccccc2)C1=O. The van der Waals surface area contributed by atoms with Crippen LogP contribution in [0.3, 0.4) is 0 Å². The maximum absolute atomic E-state index is 12.7. The van der Waals surface area contributed by atoms with Crippen molar-refractivity contribution in [1.29, 1.82) is 0 Å². The standard InChI is InChI=1S/C19H26N4O5/c20-14-10-13(21-18(25)26)6-7-16(14)23-9-8-15(17(23)24)22-19(27)28-11-12-4-2-1-3-5-12/h1-5,13-16,21H,6-11,20H2,(H,22,27)(H,25,26)/t13?,14-,15?,16+/m1/s1. The zero-order valence-electron chi connectivity index (χ0n) is 15.5. The number of nitrogens with zero attached hydrogens (tertiary/aromatic N) is 1. The molecular weight excluding hydrogens is 364 g/mol. The number of carbonyl (C=O) groups excluding carboxylic acids is 2. The van der Waals surface area contributed by atoms with Gasteiger partial charge in [0.2, 0.25) is 5.91 Å². The average molecular weight is 390 g/mol. The Morgan fingerprint density at radius 1 is 1.18 bits per heavy atom. The molecule has 3 rings (SSSR count). The van der Waals surface area contributed by atoms with Gasteiger partial charge in [-0.3, -0.25) is 4.79 Å². The van der Waals surface area contributed by atoms with E-state index in [0.29, 0.717) is 32.2 Å². The molecule has 4 atom stereocenters. The Kier molecular flexibility index (Phi) is 6.35. The first kappa shape index (κ1) is 19.9. The van der Waals surface area contributed by atoms with Crippen LogP contribution in [0.25, 0.3) is 0 Å². The van der Waals surface area contributed by atoms with Gasteiger partial charge in [-0.15, -0.1) is 0 Å². The minimum atomic E-state index is -1.06. The second kappa shape index (κ2) is 8.92. The van der Waals surface area contributed by atoms with Gasteiger partial charge in [-0.2, -0.15) is 0 Å². The van der Waals surface area contributed by atoms with Gasteiger partial charge in [0.1, 0.15) is 12.6 Å². The lowest BCUT2D eigenvalue weighted by Gasteiger charge is -2.39. The van der Waals surface area contributed by atoms with Gasteiger partial charge in [0.15, 0.2) is 0 Å². The van der Waals surface area contributed by atoms with Crippen molar-refractivity contribution < 1.29 is 24.2 Å². The van der Waals surface area contributed by atoms with Gasteiger partial charge >= 0.3 is 12.2 Å². The predicted octanol–water partition coefficient (Wildman–Crippen LogP) is 1.03. The number of alkyl carbamates (subject to hydrolysis) is 1. The summed E-state index contributed by atoms with van der Waals surface area (Å²) < 4.78 is 5.18. The quantitative estimate of drug-likeness (QED) is 0.593. The van der Waals surface area contributed by atoms with Crippen molar-refractivity contribution >= 4 is 18.1 Å². The third-order valence-electron chi connectivity index (χ3n) is 5.33. The molecule has 2 fully saturated rings. The summed E-state index contributed by atoms with van der Waals surface area (Å²) in [5.74, 6) is -0.165. The Labute approximate surface area is 163 Å². The summed E-state index contributed by atoms with van der Waals surface area (Å²) in [7, 11) is 0. The van der Waals surface area contributed by atoms with Crippen LogP contribution in [0.5, 0.6) is 0 Å². The molecule has 0 radical (unpaired) electrons. The second-order valence-electron chi connectivity index (χ2n) is 7.27. The maximum Gasteiger partial charge on any atom is 0.408 e. The molecule has 1 aliphatic carbocycles. The summed E-state index contributed by atoms with van der Waals surface area (Å²) in [5.41, 5.74) is 7.08. The van der Waals surface area contributed by atoms with E-state index in [0.717, 1.165) is 5.56 Å². The molecule has 3 amide bonds. The van der Waals surface area contributed by atoms with Crippen molar-refractivity contribution in [2.45, 2.75) is 56.5 Å². The maximum atomic E-state index is 12.7. The minimum absolute atomic E-state index is 0.142.